The molecule has 0 bridgehead atoms. The van der Waals surface area contributed by atoms with Gasteiger partial charge in [-0.25, -0.2) is 0 Å². The number of rotatable bonds is 6. The highest BCUT2D eigenvalue weighted by Gasteiger charge is 2.23. The Morgan fingerprint density at radius 3 is 2.85 bits per heavy atom. The third-order valence-corrected chi connectivity index (χ3v) is 1.98. The minimum absolute atomic E-state index is 0.0656. The van der Waals surface area contributed by atoms with Crippen molar-refractivity contribution in [2.75, 3.05) is 20.1 Å². The number of carbonyl (C=O) groups excluding carboxylic acids is 2. The summed E-state index contributed by atoms with van der Waals surface area (Å²) in [7, 11) is 1.84. The Bertz CT molecular complexity index is 190. The minimum Gasteiger partial charge on any atom is -0.352 e. The molecule has 0 radical (unpaired) electrons. The Morgan fingerprint density at radius 2 is 2.31 bits per heavy atom. The van der Waals surface area contributed by atoms with Gasteiger partial charge in [0.2, 0.25) is 5.91 Å². The van der Waals surface area contributed by atoms with E-state index in [0.717, 1.165) is 19.1 Å². The van der Waals surface area contributed by atoms with E-state index in [1.807, 2.05) is 11.9 Å². The molecule has 4 nitrogen and oxygen atoms in total. The highest BCUT2D eigenvalue weighted by molar-refractivity contribution is 5.78. The molecular weight excluding hydrogens is 168 g/mol. The van der Waals surface area contributed by atoms with E-state index in [-0.39, 0.29) is 5.91 Å². The van der Waals surface area contributed by atoms with E-state index in [1.54, 1.807) is 0 Å². The first-order valence-electron chi connectivity index (χ1n) is 4.64. The average molecular weight is 184 g/mol. The minimum atomic E-state index is 0.0656. The van der Waals surface area contributed by atoms with Crippen molar-refractivity contribution in [3.63, 3.8) is 0 Å². The van der Waals surface area contributed by atoms with Crippen LogP contribution < -0.4 is 5.32 Å². The van der Waals surface area contributed by atoms with Gasteiger partial charge >= 0.3 is 0 Å². The highest BCUT2D eigenvalue weighted by Crippen LogP contribution is 2.18. The predicted molar refractivity (Wildman–Crippen MR) is 49.3 cm³/mol. The van der Waals surface area contributed by atoms with E-state index in [4.69, 9.17) is 0 Å². The van der Waals surface area contributed by atoms with Crippen molar-refractivity contribution in [2.45, 2.75) is 25.3 Å². The smallest absolute Gasteiger partial charge is 0.234 e. The summed E-state index contributed by atoms with van der Waals surface area (Å²) < 4.78 is 0. The van der Waals surface area contributed by atoms with Crippen molar-refractivity contribution in [2.24, 2.45) is 0 Å². The van der Waals surface area contributed by atoms with Gasteiger partial charge < -0.3 is 10.1 Å². The lowest BCUT2D eigenvalue weighted by molar-refractivity contribution is -0.122. The number of aldehydes is 1. The molecule has 1 aliphatic rings. The van der Waals surface area contributed by atoms with Crippen LogP contribution in [0.5, 0.6) is 0 Å². The van der Waals surface area contributed by atoms with Gasteiger partial charge in [0.1, 0.15) is 6.29 Å². The van der Waals surface area contributed by atoms with Crippen LogP contribution in [0.2, 0.25) is 0 Å². The zero-order valence-corrected chi connectivity index (χ0v) is 7.95. The van der Waals surface area contributed by atoms with Crippen molar-refractivity contribution < 1.29 is 9.59 Å². The molecule has 0 unspecified atom stereocenters. The summed E-state index contributed by atoms with van der Waals surface area (Å²) in [5.74, 6) is 0.0656. The van der Waals surface area contributed by atoms with E-state index >= 15 is 0 Å². The van der Waals surface area contributed by atoms with Gasteiger partial charge in [-0.1, -0.05) is 0 Å². The molecule has 74 valence electrons. The van der Waals surface area contributed by atoms with Gasteiger partial charge in [-0.15, -0.1) is 0 Å². The summed E-state index contributed by atoms with van der Waals surface area (Å²) in [5, 5.41) is 2.89. The zero-order chi connectivity index (χ0) is 9.68. The topological polar surface area (TPSA) is 49.4 Å². The van der Waals surface area contributed by atoms with E-state index in [2.05, 4.69) is 5.32 Å². The molecule has 0 aromatic carbocycles. The van der Waals surface area contributed by atoms with Crippen molar-refractivity contribution in [3.05, 3.63) is 0 Å². The second-order valence-corrected chi connectivity index (χ2v) is 3.53. The fourth-order valence-electron chi connectivity index (χ4n) is 1.10. The van der Waals surface area contributed by atoms with Crippen LogP contribution in [0.15, 0.2) is 0 Å². The van der Waals surface area contributed by atoms with Crippen LogP contribution in [0, 0.1) is 0 Å². The van der Waals surface area contributed by atoms with Crippen molar-refractivity contribution in [1.82, 2.24) is 10.2 Å². The molecule has 1 amide bonds. The number of hydrogen-bond acceptors (Lipinski definition) is 3. The summed E-state index contributed by atoms with van der Waals surface area (Å²) in [6.07, 6.45) is 3.59. The molecule has 0 atom stereocenters. The Hall–Kier alpha value is -0.900. The first-order chi connectivity index (χ1) is 6.22. The second-order valence-electron chi connectivity index (χ2n) is 3.53. The largest absolute Gasteiger partial charge is 0.352 e. The molecule has 0 saturated heterocycles. The zero-order valence-electron chi connectivity index (χ0n) is 7.95. The first-order valence-corrected chi connectivity index (χ1v) is 4.64. The SMILES string of the molecule is CN(CCC=O)CC(=O)NC1CC1. The second kappa shape index (κ2) is 4.97. The van der Waals surface area contributed by atoms with Crippen LogP contribution in [-0.2, 0) is 9.59 Å². The Morgan fingerprint density at radius 1 is 1.62 bits per heavy atom. The van der Waals surface area contributed by atoms with Crippen LogP contribution in [0.4, 0.5) is 0 Å². The van der Waals surface area contributed by atoms with Crippen molar-refractivity contribution >= 4 is 12.2 Å². The van der Waals surface area contributed by atoms with Gasteiger partial charge in [-0.05, 0) is 19.9 Å². The predicted octanol–water partition coefficient (Wildman–Crippen LogP) is -0.214. The van der Waals surface area contributed by atoms with E-state index in [0.29, 0.717) is 25.6 Å². The van der Waals surface area contributed by atoms with E-state index in [9.17, 15) is 9.59 Å². The van der Waals surface area contributed by atoms with Crippen LogP contribution in [-0.4, -0.2) is 43.3 Å². The van der Waals surface area contributed by atoms with Gasteiger partial charge in [0.25, 0.3) is 0 Å². The Kier molecular flexibility index (Phi) is 3.89. The normalized spacial score (nSPS) is 15.8. The lowest BCUT2D eigenvalue weighted by Gasteiger charge is -2.14. The van der Waals surface area contributed by atoms with Gasteiger partial charge in [-0.2, -0.15) is 0 Å². The fourth-order valence-corrected chi connectivity index (χ4v) is 1.10. The van der Waals surface area contributed by atoms with Crippen molar-refractivity contribution in [1.29, 1.82) is 0 Å². The standard InChI is InChI=1S/C9H16N2O2/c1-11(5-2-6-12)7-9(13)10-8-3-4-8/h6,8H,2-5,7H2,1H3,(H,10,13). The molecule has 1 N–H and O–H groups in total. The van der Waals surface area contributed by atoms with Crippen LogP contribution in [0.25, 0.3) is 0 Å². The molecule has 1 aliphatic carbocycles. The molecule has 0 aromatic heterocycles. The number of hydrogen-bond donors (Lipinski definition) is 1. The summed E-state index contributed by atoms with van der Waals surface area (Å²) in [6, 6.07) is 0.423. The molecule has 1 fully saturated rings. The Balaban J connectivity index is 2.06. The third-order valence-electron chi connectivity index (χ3n) is 1.98. The number of nitrogens with zero attached hydrogens (tertiary/aromatic N) is 1. The van der Waals surface area contributed by atoms with Crippen LogP contribution in [0.1, 0.15) is 19.3 Å². The van der Waals surface area contributed by atoms with E-state index < -0.39 is 0 Å². The summed E-state index contributed by atoms with van der Waals surface area (Å²) in [4.78, 5) is 23.1. The summed E-state index contributed by atoms with van der Waals surface area (Å²) >= 11 is 0. The number of nitrogens with one attached hydrogen (secondary N) is 1. The highest BCUT2D eigenvalue weighted by atomic mass is 16.2. The van der Waals surface area contributed by atoms with Crippen molar-refractivity contribution in [3.8, 4) is 0 Å². The maximum absolute atomic E-state index is 11.2. The molecule has 0 aliphatic heterocycles. The molecule has 1 rings (SSSR count). The molecule has 13 heavy (non-hydrogen) atoms. The van der Waals surface area contributed by atoms with Gasteiger partial charge in [0, 0.05) is 19.0 Å². The summed E-state index contributed by atoms with van der Waals surface area (Å²) in [6.45, 7) is 1.05. The molecule has 1 saturated carbocycles. The average Bonchev–Trinajstić information content (AvgIpc) is 2.84. The number of likely N-dealkylation sites (N-methyl/N-ethyl adjacent to an activating group) is 1. The Labute approximate surface area is 78.3 Å². The molecular formula is C9H16N2O2. The third kappa shape index (κ3) is 4.62. The lowest BCUT2D eigenvalue weighted by atomic mass is 10.4. The molecule has 0 aromatic rings. The van der Waals surface area contributed by atoms with Gasteiger partial charge in [-0.3, -0.25) is 9.69 Å². The lowest BCUT2D eigenvalue weighted by Crippen LogP contribution is -2.36. The maximum Gasteiger partial charge on any atom is 0.234 e. The number of amides is 1. The monoisotopic (exact) mass is 184 g/mol. The summed E-state index contributed by atoms with van der Waals surface area (Å²) in [5.41, 5.74) is 0. The molecule has 4 heteroatoms. The molecule has 0 heterocycles. The quantitative estimate of drug-likeness (QED) is 0.581. The molecule has 0 spiro atoms. The first kappa shape index (κ1) is 10.2. The van der Waals surface area contributed by atoms with Gasteiger partial charge in [0.15, 0.2) is 0 Å². The van der Waals surface area contributed by atoms with Gasteiger partial charge in [0.05, 0.1) is 6.54 Å². The van der Waals surface area contributed by atoms with Crippen LogP contribution >= 0.6 is 0 Å². The maximum atomic E-state index is 11.2. The fraction of sp³-hybridized carbons (Fsp3) is 0.778. The van der Waals surface area contributed by atoms with Crippen LogP contribution in [0.3, 0.4) is 0 Å². The number of carbonyl (C=O) groups is 2. The van der Waals surface area contributed by atoms with E-state index in [1.165, 1.54) is 0 Å².